The van der Waals surface area contributed by atoms with E-state index in [1.54, 1.807) is 0 Å². The van der Waals surface area contributed by atoms with Gasteiger partial charge in [0.05, 0.1) is 0 Å². The number of carboxylic acids is 2. The molecule has 0 saturated heterocycles. The molecule has 0 heterocycles. The first-order valence-electron chi connectivity index (χ1n) is 6.62. The molecule has 0 aliphatic carbocycles. The number of nitrogens with two attached hydrogens (primary N) is 2. The molecule has 2 atom stereocenters. The molecule has 0 saturated carbocycles. The molecule has 0 spiro atoms. The van der Waals surface area contributed by atoms with Crippen molar-refractivity contribution in [2.24, 2.45) is 11.5 Å². The van der Waals surface area contributed by atoms with Gasteiger partial charge in [0.25, 0.3) is 0 Å². The summed E-state index contributed by atoms with van der Waals surface area (Å²) in [5, 5.41) is 20.4. The zero-order valence-corrected chi connectivity index (χ0v) is 11.2. The lowest BCUT2D eigenvalue weighted by molar-refractivity contribution is -0.139. The van der Waals surface area contributed by atoms with Crippen molar-refractivity contribution in [3.63, 3.8) is 0 Å². The van der Waals surface area contributed by atoms with Crippen molar-refractivity contribution < 1.29 is 19.8 Å². The van der Waals surface area contributed by atoms with Crippen LogP contribution >= 0.6 is 0 Å². The number of carboxylic acid groups (broad SMARTS) is 2. The van der Waals surface area contributed by atoms with E-state index in [2.05, 4.69) is 5.32 Å². The number of unbranched alkanes of at least 4 members (excludes halogenated alkanes) is 2. The molecule has 7 N–H and O–H groups in total. The van der Waals surface area contributed by atoms with E-state index in [4.69, 9.17) is 21.7 Å². The van der Waals surface area contributed by atoms with Gasteiger partial charge >= 0.3 is 11.9 Å². The van der Waals surface area contributed by atoms with E-state index in [9.17, 15) is 9.59 Å². The molecule has 0 aliphatic heterocycles. The SMILES string of the molecule is NC(CCCCNCCCCC(N)C(=O)O)C(=O)O. The van der Waals surface area contributed by atoms with Crippen LogP contribution in [0.5, 0.6) is 0 Å². The van der Waals surface area contributed by atoms with E-state index >= 15 is 0 Å². The Bertz CT molecular complexity index is 248. The van der Waals surface area contributed by atoms with Crippen LogP contribution in [0.2, 0.25) is 0 Å². The Hall–Kier alpha value is -1.18. The summed E-state index contributed by atoms with van der Waals surface area (Å²) in [6, 6.07) is -1.53. The van der Waals surface area contributed by atoms with Crippen LogP contribution in [-0.4, -0.2) is 47.3 Å². The van der Waals surface area contributed by atoms with Gasteiger partial charge in [-0.05, 0) is 38.8 Å². The molecule has 112 valence electrons. The zero-order chi connectivity index (χ0) is 14.7. The summed E-state index contributed by atoms with van der Waals surface area (Å²) >= 11 is 0. The summed E-state index contributed by atoms with van der Waals surface area (Å²) in [5.41, 5.74) is 10.7. The van der Waals surface area contributed by atoms with Crippen LogP contribution in [0.15, 0.2) is 0 Å². The summed E-state index contributed by atoms with van der Waals surface area (Å²) in [6.45, 7) is 1.63. The zero-order valence-electron chi connectivity index (χ0n) is 11.2. The van der Waals surface area contributed by atoms with Gasteiger partial charge in [-0.1, -0.05) is 12.8 Å². The number of aliphatic carboxylic acids is 2. The Kier molecular flexibility index (Phi) is 10.1. The highest BCUT2D eigenvalue weighted by Crippen LogP contribution is 2.00. The third kappa shape index (κ3) is 10.4. The van der Waals surface area contributed by atoms with E-state index in [1.165, 1.54) is 0 Å². The van der Waals surface area contributed by atoms with Gasteiger partial charge in [0.1, 0.15) is 12.1 Å². The fourth-order valence-corrected chi connectivity index (χ4v) is 1.60. The molecule has 0 aromatic carbocycles. The lowest BCUT2D eigenvalue weighted by atomic mass is 10.1. The normalized spacial score (nSPS) is 14.0. The smallest absolute Gasteiger partial charge is 0.320 e. The predicted octanol–water partition coefficient (Wildman–Crippen LogP) is -0.260. The van der Waals surface area contributed by atoms with E-state index in [0.717, 1.165) is 38.8 Å². The fourth-order valence-electron chi connectivity index (χ4n) is 1.60. The van der Waals surface area contributed by atoms with Crippen LogP contribution in [0.4, 0.5) is 0 Å². The Morgan fingerprint density at radius 3 is 1.53 bits per heavy atom. The Morgan fingerprint density at radius 1 is 0.842 bits per heavy atom. The van der Waals surface area contributed by atoms with Crippen molar-refractivity contribution in [1.82, 2.24) is 5.32 Å². The first-order chi connectivity index (χ1) is 8.95. The standard InChI is InChI=1S/C12H25N3O4/c13-9(11(16)17)5-1-3-7-15-8-4-2-6-10(14)12(18)19/h9-10,15H,1-8,13-14H2,(H,16,17)(H,18,19). The Labute approximate surface area is 113 Å². The summed E-state index contributed by atoms with van der Waals surface area (Å²) in [6.07, 6.45) is 4.31. The van der Waals surface area contributed by atoms with Crippen LogP contribution in [-0.2, 0) is 9.59 Å². The third-order valence-corrected chi connectivity index (χ3v) is 2.87. The molecule has 0 aromatic heterocycles. The first kappa shape index (κ1) is 17.8. The van der Waals surface area contributed by atoms with Crippen molar-refractivity contribution in [3.05, 3.63) is 0 Å². The van der Waals surface area contributed by atoms with Crippen LogP contribution in [0.1, 0.15) is 38.5 Å². The van der Waals surface area contributed by atoms with Gasteiger partial charge in [-0.25, -0.2) is 0 Å². The van der Waals surface area contributed by atoms with Crippen LogP contribution in [0.3, 0.4) is 0 Å². The van der Waals surface area contributed by atoms with Crippen LogP contribution in [0, 0.1) is 0 Å². The minimum atomic E-state index is -0.956. The van der Waals surface area contributed by atoms with Crippen molar-refractivity contribution in [3.8, 4) is 0 Å². The van der Waals surface area contributed by atoms with Gasteiger partial charge in [-0.2, -0.15) is 0 Å². The number of carbonyl (C=O) groups is 2. The minimum absolute atomic E-state index is 0.491. The molecule has 7 nitrogen and oxygen atoms in total. The second kappa shape index (κ2) is 10.7. The number of hydrogen-bond acceptors (Lipinski definition) is 5. The lowest BCUT2D eigenvalue weighted by Crippen LogP contribution is -2.30. The highest BCUT2D eigenvalue weighted by atomic mass is 16.4. The number of nitrogens with one attached hydrogen (secondary N) is 1. The molecule has 2 unspecified atom stereocenters. The van der Waals surface area contributed by atoms with Gasteiger partial charge in [-0.3, -0.25) is 9.59 Å². The molecule has 0 fully saturated rings. The summed E-state index contributed by atoms with van der Waals surface area (Å²) in [7, 11) is 0. The maximum absolute atomic E-state index is 10.4. The molecule has 7 heteroatoms. The molecular formula is C12H25N3O4. The van der Waals surface area contributed by atoms with Gasteiger partial charge in [0, 0.05) is 0 Å². The van der Waals surface area contributed by atoms with E-state index in [0.29, 0.717) is 12.8 Å². The van der Waals surface area contributed by atoms with Gasteiger partial charge in [0.15, 0.2) is 0 Å². The Morgan fingerprint density at radius 2 is 1.21 bits per heavy atom. The Balaban J connectivity index is 3.24. The molecule has 0 amide bonds. The van der Waals surface area contributed by atoms with Crippen molar-refractivity contribution in [1.29, 1.82) is 0 Å². The largest absolute Gasteiger partial charge is 0.480 e. The lowest BCUT2D eigenvalue weighted by Gasteiger charge is -2.08. The van der Waals surface area contributed by atoms with E-state index in [-0.39, 0.29) is 0 Å². The molecule has 0 bridgehead atoms. The molecule has 0 aromatic rings. The summed E-state index contributed by atoms with van der Waals surface area (Å²) in [4.78, 5) is 20.9. The topological polar surface area (TPSA) is 139 Å². The highest BCUT2D eigenvalue weighted by Gasteiger charge is 2.10. The van der Waals surface area contributed by atoms with E-state index in [1.807, 2.05) is 0 Å². The molecule has 0 radical (unpaired) electrons. The van der Waals surface area contributed by atoms with Crippen LogP contribution < -0.4 is 16.8 Å². The second-order valence-electron chi connectivity index (χ2n) is 4.63. The molecule has 0 aliphatic rings. The number of hydrogen-bond donors (Lipinski definition) is 5. The average Bonchev–Trinajstić information content (AvgIpc) is 2.35. The van der Waals surface area contributed by atoms with Crippen molar-refractivity contribution in [2.45, 2.75) is 50.6 Å². The predicted molar refractivity (Wildman–Crippen MR) is 71.8 cm³/mol. The first-order valence-corrected chi connectivity index (χ1v) is 6.62. The van der Waals surface area contributed by atoms with Crippen LogP contribution in [0.25, 0.3) is 0 Å². The van der Waals surface area contributed by atoms with Gasteiger partial charge < -0.3 is 27.0 Å². The molecule has 0 rings (SSSR count). The summed E-state index contributed by atoms with van der Waals surface area (Å²) in [5.74, 6) is -1.91. The van der Waals surface area contributed by atoms with Gasteiger partial charge in [-0.15, -0.1) is 0 Å². The molecular weight excluding hydrogens is 250 g/mol. The maximum Gasteiger partial charge on any atom is 0.320 e. The monoisotopic (exact) mass is 275 g/mol. The molecule has 19 heavy (non-hydrogen) atoms. The second-order valence-corrected chi connectivity index (χ2v) is 4.63. The minimum Gasteiger partial charge on any atom is -0.480 e. The quantitative estimate of drug-likeness (QED) is 0.309. The van der Waals surface area contributed by atoms with Crippen molar-refractivity contribution in [2.75, 3.05) is 13.1 Å². The average molecular weight is 275 g/mol. The van der Waals surface area contributed by atoms with E-state index < -0.39 is 24.0 Å². The number of rotatable bonds is 12. The van der Waals surface area contributed by atoms with Crippen molar-refractivity contribution >= 4 is 11.9 Å². The van der Waals surface area contributed by atoms with Gasteiger partial charge in [0.2, 0.25) is 0 Å². The fraction of sp³-hybridized carbons (Fsp3) is 0.833. The maximum atomic E-state index is 10.4. The summed E-state index contributed by atoms with van der Waals surface area (Å²) < 4.78 is 0. The third-order valence-electron chi connectivity index (χ3n) is 2.87. The highest BCUT2D eigenvalue weighted by molar-refractivity contribution is 5.73.